The smallest absolute Gasteiger partial charge is 0.0594 e. The molecular formula is C13H29N3O. The Balaban J connectivity index is 2.26. The van der Waals surface area contributed by atoms with Crippen LogP contribution in [0.1, 0.15) is 20.8 Å². The second-order valence-electron chi connectivity index (χ2n) is 5.69. The van der Waals surface area contributed by atoms with E-state index in [-0.39, 0.29) is 5.41 Å². The van der Waals surface area contributed by atoms with Crippen LogP contribution < -0.4 is 5.73 Å². The van der Waals surface area contributed by atoms with Gasteiger partial charge in [0.15, 0.2) is 0 Å². The monoisotopic (exact) mass is 243 g/mol. The maximum Gasteiger partial charge on any atom is 0.0594 e. The minimum absolute atomic E-state index is 0.223. The van der Waals surface area contributed by atoms with Crippen molar-refractivity contribution in [3.05, 3.63) is 0 Å². The Morgan fingerprint density at radius 3 is 2.47 bits per heavy atom. The molecule has 0 saturated carbocycles. The third-order valence-electron chi connectivity index (χ3n) is 3.49. The van der Waals surface area contributed by atoms with Gasteiger partial charge >= 0.3 is 0 Å². The Kier molecular flexibility index (Phi) is 6.41. The average molecular weight is 243 g/mol. The SMILES string of the molecule is CCN(CCN1CCOCC1)CC(C)(C)CN. The molecule has 1 rings (SSSR count). The lowest BCUT2D eigenvalue weighted by atomic mass is 9.93. The molecule has 4 nitrogen and oxygen atoms in total. The zero-order chi connectivity index (χ0) is 12.7. The summed E-state index contributed by atoms with van der Waals surface area (Å²) in [4.78, 5) is 4.99. The maximum atomic E-state index is 5.79. The van der Waals surface area contributed by atoms with Crippen LogP contribution in [0.4, 0.5) is 0 Å². The Bertz CT molecular complexity index is 203. The Morgan fingerprint density at radius 1 is 1.29 bits per heavy atom. The number of likely N-dealkylation sites (N-methyl/N-ethyl adjacent to an activating group) is 1. The normalized spacial score (nSPS) is 18.9. The van der Waals surface area contributed by atoms with Crippen LogP contribution in [-0.2, 0) is 4.74 Å². The highest BCUT2D eigenvalue weighted by atomic mass is 16.5. The summed E-state index contributed by atoms with van der Waals surface area (Å²) in [5.74, 6) is 0. The Hall–Kier alpha value is -0.160. The lowest BCUT2D eigenvalue weighted by molar-refractivity contribution is 0.0318. The molecule has 4 heteroatoms. The first-order valence-corrected chi connectivity index (χ1v) is 6.80. The summed E-state index contributed by atoms with van der Waals surface area (Å²) in [6, 6.07) is 0. The summed E-state index contributed by atoms with van der Waals surface area (Å²) in [5.41, 5.74) is 6.02. The van der Waals surface area contributed by atoms with Gasteiger partial charge in [-0.2, -0.15) is 0 Å². The van der Waals surface area contributed by atoms with Crippen molar-refractivity contribution in [2.45, 2.75) is 20.8 Å². The van der Waals surface area contributed by atoms with Gasteiger partial charge in [0.25, 0.3) is 0 Å². The number of rotatable bonds is 7. The molecule has 1 aliphatic rings. The molecular weight excluding hydrogens is 214 g/mol. The van der Waals surface area contributed by atoms with E-state index in [1.807, 2.05) is 0 Å². The number of hydrogen-bond donors (Lipinski definition) is 1. The van der Waals surface area contributed by atoms with Crippen molar-refractivity contribution in [3.8, 4) is 0 Å². The summed E-state index contributed by atoms with van der Waals surface area (Å²) in [5, 5.41) is 0. The van der Waals surface area contributed by atoms with E-state index in [2.05, 4.69) is 30.6 Å². The van der Waals surface area contributed by atoms with Gasteiger partial charge in [-0.1, -0.05) is 20.8 Å². The van der Waals surface area contributed by atoms with Gasteiger partial charge in [0.1, 0.15) is 0 Å². The van der Waals surface area contributed by atoms with Crippen LogP contribution in [0.25, 0.3) is 0 Å². The van der Waals surface area contributed by atoms with E-state index < -0.39 is 0 Å². The molecule has 0 atom stereocenters. The van der Waals surface area contributed by atoms with Crippen LogP contribution in [0.3, 0.4) is 0 Å². The lowest BCUT2D eigenvalue weighted by Crippen LogP contribution is -2.44. The van der Waals surface area contributed by atoms with Gasteiger partial charge in [0, 0.05) is 32.7 Å². The molecule has 0 radical (unpaired) electrons. The highest BCUT2D eigenvalue weighted by molar-refractivity contribution is 4.75. The number of morpholine rings is 1. The molecule has 0 aliphatic carbocycles. The van der Waals surface area contributed by atoms with Crippen molar-refractivity contribution in [2.24, 2.45) is 11.1 Å². The standard InChI is InChI=1S/C13H29N3O/c1-4-15(12-13(2,3)11-14)5-6-16-7-9-17-10-8-16/h4-12,14H2,1-3H3. The number of nitrogens with two attached hydrogens (primary N) is 1. The predicted octanol–water partition coefficient (Wildman–Crippen LogP) is 0.625. The van der Waals surface area contributed by atoms with E-state index in [9.17, 15) is 0 Å². The largest absolute Gasteiger partial charge is 0.379 e. The quantitative estimate of drug-likeness (QED) is 0.712. The van der Waals surface area contributed by atoms with Crippen molar-refractivity contribution in [3.63, 3.8) is 0 Å². The van der Waals surface area contributed by atoms with E-state index in [4.69, 9.17) is 10.5 Å². The Labute approximate surface area is 106 Å². The predicted molar refractivity (Wildman–Crippen MR) is 72.2 cm³/mol. The summed E-state index contributed by atoms with van der Waals surface area (Å²) in [6.45, 7) is 15.9. The zero-order valence-corrected chi connectivity index (χ0v) is 11.7. The summed E-state index contributed by atoms with van der Waals surface area (Å²) < 4.78 is 5.36. The third kappa shape index (κ3) is 5.82. The highest BCUT2D eigenvalue weighted by Gasteiger charge is 2.20. The number of hydrogen-bond acceptors (Lipinski definition) is 4. The van der Waals surface area contributed by atoms with Crippen molar-refractivity contribution < 1.29 is 4.74 Å². The fraction of sp³-hybridized carbons (Fsp3) is 1.00. The first kappa shape index (κ1) is 14.9. The van der Waals surface area contributed by atoms with Gasteiger partial charge in [0.2, 0.25) is 0 Å². The first-order valence-electron chi connectivity index (χ1n) is 6.80. The average Bonchev–Trinajstić information content (AvgIpc) is 2.35. The van der Waals surface area contributed by atoms with E-state index in [1.54, 1.807) is 0 Å². The molecule has 1 heterocycles. The molecule has 1 fully saturated rings. The van der Waals surface area contributed by atoms with Crippen LogP contribution in [-0.4, -0.2) is 68.8 Å². The topological polar surface area (TPSA) is 41.7 Å². The van der Waals surface area contributed by atoms with Crippen LogP contribution in [0.15, 0.2) is 0 Å². The summed E-state index contributed by atoms with van der Waals surface area (Å²) in [7, 11) is 0. The van der Waals surface area contributed by atoms with Gasteiger partial charge in [0.05, 0.1) is 13.2 Å². The molecule has 0 amide bonds. The molecule has 0 spiro atoms. The van der Waals surface area contributed by atoms with Crippen LogP contribution in [0.5, 0.6) is 0 Å². The number of nitrogens with zero attached hydrogens (tertiary/aromatic N) is 2. The fourth-order valence-corrected chi connectivity index (χ4v) is 2.13. The maximum absolute atomic E-state index is 5.79. The molecule has 0 unspecified atom stereocenters. The van der Waals surface area contributed by atoms with E-state index in [0.29, 0.717) is 0 Å². The number of ether oxygens (including phenoxy) is 1. The zero-order valence-electron chi connectivity index (χ0n) is 11.7. The molecule has 0 bridgehead atoms. The van der Waals surface area contributed by atoms with Gasteiger partial charge in [-0.15, -0.1) is 0 Å². The van der Waals surface area contributed by atoms with Crippen LogP contribution >= 0.6 is 0 Å². The second-order valence-corrected chi connectivity index (χ2v) is 5.69. The molecule has 2 N–H and O–H groups in total. The van der Waals surface area contributed by atoms with E-state index in [1.165, 1.54) is 0 Å². The minimum atomic E-state index is 0.223. The minimum Gasteiger partial charge on any atom is -0.379 e. The van der Waals surface area contributed by atoms with Gasteiger partial charge in [-0.05, 0) is 18.5 Å². The lowest BCUT2D eigenvalue weighted by Gasteiger charge is -2.33. The van der Waals surface area contributed by atoms with Crippen molar-refractivity contribution in [1.29, 1.82) is 0 Å². The molecule has 0 aromatic heterocycles. The summed E-state index contributed by atoms with van der Waals surface area (Å²) in [6.07, 6.45) is 0. The van der Waals surface area contributed by atoms with Gasteiger partial charge in [-0.25, -0.2) is 0 Å². The van der Waals surface area contributed by atoms with Gasteiger partial charge in [-0.3, -0.25) is 4.90 Å². The first-order chi connectivity index (χ1) is 8.07. The van der Waals surface area contributed by atoms with Crippen molar-refractivity contribution in [1.82, 2.24) is 9.80 Å². The molecule has 0 aromatic carbocycles. The second kappa shape index (κ2) is 7.31. The van der Waals surface area contributed by atoms with Gasteiger partial charge < -0.3 is 15.4 Å². The van der Waals surface area contributed by atoms with E-state index >= 15 is 0 Å². The molecule has 1 saturated heterocycles. The fourth-order valence-electron chi connectivity index (χ4n) is 2.13. The molecule has 102 valence electrons. The summed E-state index contributed by atoms with van der Waals surface area (Å²) >= 11 is 0. The van der Waals surface area contributed by atoms with Crippen LogP contribution in [0.2, 0.25) is 0 Å². The Morgan fingerprint density at radius 2 is 1.94 bits per heavy atom. The van der Waals surface area contributed by atoms with Crippen molar-refractivity contribution >= 4 is 0 Å². The highest BCUT2D eigenvalue weighted by Crippen LogP contribution is 2.14. The third-order valence-corrected chi connectivity index (χ3v) is 3.49. The molecule has 1 aliphatic heterocycles. The van der Waals surface area contributed by atoms with Crippen LogP contribution in [0, 0.1) is 5.41 Å². The molecule has 17 heavy (non-hydrogen) atoms. The van der Waals surface area contributed by atoms with E-state index in [0.717, 1.165) is 59.0 Å². The molecule has 0 aromatic rings. The van der Waals surface area contributed by atoms with Crippen molar-refractivity contribution in [2.75, 3.05) is 59.0 Å².